The summed E-state index contributed by atoms with van der Waals surface area (Å²) in [7, 11) is 0. The Balaban J connectivity index is 2.60. The van der Waals surface area contributed by atoms with Gasteiger partial charge >= 0.3 is 0 Å². The normalized spacial score (nSPS) is 10.7. The highest BCUT2D eigenvalue weighted by atomic mass is 16.2. The molecular weight excluding hydrogens is 266 g/mol. The maximum absolute atomic E-state index is 12.4. The molecule has 0 saturated carbocycles. The number of pyridine rings is 1. The Kier molecular flexibility index (Phi) is 7.71. The van der Waals surface area contributed by atoms with E-state index in [1.807, 2.05) is 11.8 Å². The minimum atomic E-state index is -0.0471. The maximum Gasteiger partial charge on any atom is 0.272 e. The predicted octanol–water partition coefficient (Wildman–Crippen LogP) is 1.56. The van der Waals surface area contributed by atoms with E-state index < -0.39 is 0 Å². The molecule has 0 bridgehead atoms. The van der Waals surface area contributed by atoms with Gasteiger partial charge in [0.1, 0.15) is 5.69 Å². The molecule has 0 unspecified atom stereocenters. The predicted molar refractivity (Wildman–Crippen MR) is 86.0 cm³/mol. The van der Waals surface area contributed by atoms with Crippen LogP contribution in [0.2, 0.25) is 0 Å². The molecule has 0 fully saturated rings. The summed E-state index contributed by atoms with van der Waals surface area (Å²) in [6, 6.07) is 3.41. The number of amides is 1. The summed E-state index contributed by atoms with van der Waals surface area (Å²) in [4.78, 5) is 20.8. The van der Waals surface area contributed by atoms with E-state index in [0.29, 0.717) is 17.9 Å². The Bertz CT molecular complexity index is 434. The van der Waals surface area contributed by atoms with Crippen LogP contribution in [-0.2, 0) is 0 Å². The molecule has 0 aliphatic rings. The van der Waals surface area contributed by atoms with Gasteiger partial charge < -0.3 is 15.2 Å². The molecule has 1 aromatic heterocycles. The van der Waals surface area contributed by atoms with Crippen molar-refractivity contribution in [2.24, 2.45) is 5.84 Å². The third-order valence-corrected chi connectivity index (χ3v) is 3.61. The average molecular weight is 293 g/mol. The molecule has 0 atom stereocenters. The highest BCUT2D eigenvalue weighted by Gasteiger charge is 2.15. The van der Waals surface area contributed by atoms with E-state index in [9.17, 15) is 4.79 Å². The lowest BCUT2D eigenvalue weighted by atomic mass is 10.2. The van der Waals surface area contributed by atoms with E-state index in [1.165, 1.54) is 0 Å². The molecule has 6 nitrogen and oxygen atoms in total. The van der Waals surface area contributed by atoms with E-state index in [4.69, 9.17) is 5.84 Å². The second-order valence-electron chi connectivity index (χ2n) is 4.84. The molecule has 1 rings (SSSR count). The lowest BCUT2D eigenvalue weighted by molar-refractivity contribution is 0.0751. The molecule has 21 heavy (non-hydrogen) atoms. The van der Waals surface area contributed by atoms with E-state index >= 15 is 0 Å². The second-order valence-corrected chi connectivity index (χ2v) is 4.84. The zero-order valence-electron chi connectivity index (χ0n) is 13.3. The fourth-order valence-electron chi connectivity index (χ4n) is 2.23. The Morgan fingerprint density at radius 1 is 1.24 bits per heavy atom. The van der Waals surface area contributed by atoms with Crippen LogP contribution in [0, 0.1) is 0 Å². The first-order valence-corrected chi connectivity index (χ1v) is 7.60. The molecule has 0 radical (unpaired) electrons. The molecule has 0 aliphatic carbocycles. The van der Waals surface area contributed by atoms with E-state index in [0.717, 1.165) is 32.6 Å². The van der Waals surface area contributed by atoms with Gasteiger partial charge in [-0.25, -0.2) is 0 Å². The van der Waals surface area contributed by atoms with Gasteiger partial charge in [-0.2, -0.15) is 0 Å². The standard InChI is InChI=1S/C15H27N5O/c1-4-19(5-2)10-7-11-20(6-3)15(21)14-12-13(18-16)8-9-17-14/h8-9,12H,4-7,10-11,16H2,1-3H3,(H,17,18). The van der Waals surface area contributed by atoms with Gasteiger partial charge in [0, 0.05) is 19.3 Å². The van der Waals surface area contributed by atoms with Crippen LogP contribution in [0.1, 0.15) is 37.7 Å². The van der Waals surface area contributed by atoms with Crippen LogP contribution in [0.3, 0.4) is 0 Å². The molecule has 3 N–H and O–H groups in total. The molecule has 6 heteroatoms. The molecule has 0 aliphatic heterocycles. The third kappa shape index (κ3) is 5.32. The van der Waals surface area contributed by atoms with Crippen molar-refractivity contribution in [3.63, 3.8) is 0 Å². The summed E-state index contributed by atoms with van der Waals surface area (Å²) >= 11 is 0. The van der Waals surface area contributed by atoms with Crippen LogP contribution in [-0.4, -0.2) is 53.4 Å². The molecular formula is C15H27N5O. The summed E-state index contributed by atoms with van der Waals surface area (Å²) in [6.07, 6.45) is 2.56. The molecule has 1 heterocycles. The number of nitrogens with zero attached hydrogens (tertiary/aromatic N) is 3. The lowest BCUT2D eigenvalue weighted by Gasteiger charge is -2.23. The van der Waals surface area contributed by atoms with Gasteiger partial charge in [0.15, 0.2) is 0 Å². The molecule has 0 saturated heterocycles. The second kappa shape index (κ2) is 9.31. The van der Waals surface area contributed by atoms with Crippen molar-refractivity contribution in [1.29, 1.82) is 0 Å². The largest absolute Gasteiger partial charge is 0.338 e. The quantitative estimate of drug-likeness (QED) is 0.534. The van der Waals surface area contributed by atoms with Gasteiger partial charge in [0.05, 0.1) is 5.69 Å². The first-order chi connectivity index (χ1) is 10.2. The van der Waals surface area contributed by atoms with Gasteiger partial charge in [0.25, 0.3) is 5.91 Å². The van der Waals surface area contributed by atoms with Gasteiger partial charge in [-0.3, -0.25) is 15.6 Å². The number of nitrogens with two attached hydrogens (primary N) is 1. The Morgan fingerprint density at radius 3 is 2.52 bits per heavy atom. The van der Waals surface area contributed by atoms with Crippen molar-refractivity contribution < 1.29 is 4.79 Å². The van der Waals surface area contributed by atoms with Crippen LogP contribution in [0.25, 0.3) is 0 Å². The fourth-order valence-corrected chi connectivity index (χ4v) is 2.23. The van der Waals surface area contributed by atoms with Gasteiger partial charge in [-0.05, 0) is 45.1 Å². The van der Waals surface area contributed by atoms with E-state index in [2.05, 4.69) is 29.2 Å². The summed E-state index contributed by atoms with van der Waals surface area (Å²) in [5.41, 5.74) is 3.65. The van der Waals surface area contributed by atoms with Crippen LogP contribution >= 0.6 is 0 Å². The summed E-state index contributed by atoms with van der Waals surface area (Å²) in [6.45, 7) is 10.8. The third-order valence-electron chi connectivity index (χ3n) is 3.61. The lowest BCUT2D eigenvalue weighted by Crippen LogP contribution is -2.34. The van der Waals surface area contributed by atoms with Crippen LogP contribution in [0.4, 0.5) is 5.69 Å². The molecule has 1 aromatic rings. The molecule has 1 amide bonds. The number of anilines is 1. The highest BCUT2D eigenvalue weighted by molar-refractivity contribution is 5.93. The van der Waals surface area contributed by atoms with Gasteiger partial charge in [-0.15, -0.1) is 0 Å². The number of nitrogens with one attached hydrogen (secondary N) is 1. The van der Waals surface area contributed by atoms with Crippen molar-refractivity contribution in [1.82, 2.24) is 14.8 Å². The Hall–Kier alpha value is -1.66. The zero-order valence-corrected chi connectivity index (χ0v) is 13.3. The molecule has 118 valence electrons. The minimum absolute atomic E-state index is 0.0471. The van der Waals surface area contributed by atoms with Crippen molar-refractivity contribution in [2.45, 2.75) is 27.2 Å². The Labute approximate surface area is 127 Å². The van der Waals surface area contributed by atoms with E-state index in [-0.39, 0.29) is 5.91 Å². The van der Waals surface area contributed by atoms with Gasteiger partial charge in [0.2, 0.25) is 0 Å². The summed E-state index contributed by atoms with van der Waals surface area (Å²) in [5.74, 6) is 5.32. The number of carbonyl (C=O) groups is 1. The number of nitrogen functional groups attached to an aromatic ring is 1. The van der Waals surface area contributed by atoms with Crippen molar-refractivity contribution in [3.8, 4) is 0 Å². The number of hydrazine groups is 1. The highest BCUT2D eigenvalue weighted by Crippen LogP contribution is 2.09. The van der Waals surface area contributed by atoms with Gasteiger partial charge in [-0.1, -0.05) is 13.8 Å². The smallest absolute Gasteiger partial charge is 0.272 e. The fraction of sp³-hybridized carbons (Fsp3) is 0.600. The first-order valence-electron chi connectivity index (χ1n) is 7.60. The number of hydrogen-bond donors (Lipinski definition) is 2. The van der Waals surface area contributed by atoms with Crippen molar-refractivity contribution in [3.05, 3.63) is 24.0 Å². The topological polar surface area (TPSA) is 74.5 Å². The molecule has 0 aromatic carbocycles. The Morgan fingerprint density at radius 2 is 1.95 bits per heavy atom. The summed E-state index contributed by atoms with van der Waals surface area (Å²) < 4.78 is 0. The van der Waals surface area contributed by atoms with Crippen molar-refractivity contribution in [2.75, 3.05) is 38.1 Å². The summed E-state index contributed by atoms with van der Waals surface area (Å²) in [5, 5.41) is 0. The number of carbonyl (C=O) groups excluding carboxylic acids is 1. The zero-order chi connectivity index (χ0) is 15.7. The average Bonchev–Trinajstić information content (AvgIpc) is 2.54. The van der Waals surface area contributed by atoms with E-state index in [1.54, 1.807) is 18.3 Å². The monoisotopic (exact) mass is 293 g/mol. The van der Waals surface area contributed by atoms with Crippen LogP contribution in [0.5, 0.6) is 0 Å². The first kappa shape index (κ1) is 17.4. The number of hydrogen-bond acceptors (Lipinski definition) is 5. The maximum atomic E-state index is 12.4. The molecule has 0 spiro atoms. The number of rotatable bonds is 9. The SMILES string of the molecule is CCN(CC)CCCN(CC)C(=O)c1cc(NN)ccn1. The van der Waals surface area contributed by atoms with Crippen LogP contribution in [0.15, 0.2) is 18.3 Å². The minimum Gasteiger partial charge on any atom is -0.338 e. The van der Waals surface area contributed by atoms with Crippen LogP contribution < -0.4 is 11.3 Å². The number of aromatic nitrogens is 1. The van der Waals surface area contributed by atoms with Crippen molar-refractivity contribution >= 4 is 11.6 Å².